The fraction of sp³-hybridized carbons (Fsp3) is 0.409. The molecule has 1 aliphatic rings. The first-order valence-corrected chi connectivity index (χ1v) is 9.98. The first-order chi connectivity index (χ1) is 13.5. The number of allylic oxidation sites excluding steroid dienone is 5. The second kappa shape index (κ2) is 8.91. The highest BCUT2D eigenvalue weighted by Gasteiger charge is 2.22. The molecule has 3 rings (SSSR count). The van der Waals surface area contributed by atoms with Crippen molar-refractivity contribution in [1.82, 2.24) is 9.55 Å². The number of hydrogen-bond acceptors (Lipinski definition) is 2. The Bertz CT molecular complexity index is 944. The van der Waals surface area contributed by atoms with Gasteiger partial charge in [-0.2, -0.15) is 8.78 Å². The lowest BCUT2D eigenvalue weighted by Gasteiger charge is -2.18. The standard InChI is InChI=1S/C22H25ClF2N2O/c1-4-8-14(9-5-2)21-26-18-12-16(17(23)13-19(18)27(21)3)15-10-6-7-11-20(15)28-22(24)25/h4,8,10-14,22H,5-7,9H2,1-3H3/b8-4+. The zero-order valence-electron chi connectivity index (χ0n) is 16.4. The van der Waals surface area contributed by atoms with Gasteiger partial charge in [0.15, 0.2) is 0 Å². The van der Waals surface area contributed by atoms with Gasteiger partial charge in [-0.3, -0.25) is 0 Å². The van der Waals surface area contributed by atoms with Crippen LogP contribution in [0.15, 0.2) is 42.2 Å². The van der Waals surface area contributed by atoms with Gasteiger partial charge in [-0.15, -0.1) is 0 Å². The molecule has 0 fully saturated rings. The maximum Gasteiger partial charge on any atom is 0.387 e. The molecule has 1 aromatic heterocycles. The summed E-state index contributed by atoms with van der Waals surface area (Å²) in [6.07, 6.45) is 11.3. The smallest absolute Gasteiger partial charge is 0.387 e. The van der Waals surface area contributed by atoms with Gasteiger partial charge < -0.3 is 9.30 Å². The first kappa shape index (κ1) is 20.6. The van der Waals surface area contributed by atoms with Crippen LogP contribution in [0.4, 0.5) is 8.78 Å². The molecular weight excluding hydrogens is 382 g/mol. The Labute approximate surface area is 169 Å². The van der Waals surface area contributed by atoms with Gasteiger partial charge in [-0.05, 0) is 44.4 Å². The topological polar surface area (TPSA) is 27.1 Å². The minimum atomic E-state index is -2.87. The number of benzene rings is 1. The van der Waals surface area contributed by atoms with E-state index < -0.39 is 6.61 Å². The van der Waals surface area contributed by atoms with E-state index in [0.717, 1.165) is 36.1 Å². The second-order valence-electron chi connectivity index (χ2n) is 6.91. The maximum atomic E-state index is 12.8. The third kappa shape index (κ3) is 4.14. The molecule has 6 heteroatoms. The molecule has 1 atom stereocenters. The summed E-state index contributed by atoms with van der Waals surface area (Å²) in [6, 6.07) is 3.73. The number of fused-ring (bicyclic) bond motifs is 1. The molecule has 28 heavy (non-hydrogen) atoms. The SMILES string of the molecule is C/C=C/C(CCC)c1nc2cc(C3=CCCC=C3OC(F)F)c(Cl)cc2n1C. The zero-order valence-corrected chi connectivity index (χ0v) is 17.1. The van der Waals surface area contributed by atoms with Gasteiger partial charge in [-0.25, -0.2) is 4.98 Å². The summed E-state index contributed by atoms with van der Waals surface area (Å²) >= 11 is 6.56. The molecule has 0 spiro atoms. The van der Waals surface area contributed by atoms with E-state index in [1.54, 1.807) is 6.08 Å². The lowest BCUT2D eigenvalue weighted by atomic mass is 9.97. The van der Waals surface area contributed by atoms with Crippen molar-refractivity contribution in [2.24, 2.45) is 7.05 Å². The number of aryl methyl sites for hydroxylation is 1. The number of hydrogen-bond donors (Lipinski definition) is 0. The van der Waals surface area contributed by atoms with E-state index in [1.807, 2.05) is 38.3 Å². The molecule has 150 valence electrons. The van der Waals surface area contributed by atoms with Crippen LogP contribution < -0.4 is 0 Å². The molecule has 1 unspecified atom stereocenters. The summed E-state index contributed by atoms with van der Waals surface area (Å²) in [6.45, 7) is 1.29. The van der Waals surface area contributed by atoms with E-state index in [4.69, 9.17) is 21.3 Å². The molecule has 0 amide bonds. The third-order valence-corrected chi connectivity index (χ3v) is 5.29. The Kier molecular flexibility index (Phi) is 6.55. The largest absolute Gasteiger partial charge is 0.435 e. The van der Waals surface area contributed by atoms with Gasteiger partial charge >= 0.3 is 6.61 Å². The molecule has 0 radical (unpaired) electrons. The number of alkyl halides is 2. The molecule has 2 aromatic rings. The Morgan fingerprint density at radius 3 is 2.71 bits per heavy atom. The van der Waals surface area contributed by atoms with Crippen LogP contribution in [0.2, 0.25) is 5.02 Å². The molecule has 0 saturated carbocycles. The van der Waals surface area contributed by atoms with Crippen LogP contribution >= 0.6 is 11.6 Å². The van der Waals surface area contributed by atoms with Crippen LogP contribution in [0.5, 0.6) is 0 Å². The fourth-order valence-electron chi connectivity index (χ4n) is 3.73. The number of rotatable bonds is 7. The Hall–Kier alpha value is -2.14. The summed E-state index contributed by atoms with van der Waals surface area (Å²) in [7, 11) is 1.98. The lowest BCUT2D eigenvalue weighted by Crippen LogP contribution is -2.05. The van der Waals surface area contributed by atoms with Crippen molar-refractivity contribution < 1.29 is 13.5 Å². The van der Waals surface area contributed by atoms with Crippen molar-refractivity contribution in [2.45, 2.75) is 52.1 Å². The van der Waals surface area contributed by atoms with Crippen LogP contribution in [-0.2, 0) is 11.8 Å². The molecule has 1 aromatic carbocycles. The quantitative estimate of drug-likeness (QED) is 0.463. The molecule has 0 N–H and O–H groups in total. The Morgan fingerprint density at radius 1 is 1.29 bits per heavy atom. The van der Waals surface area contributed by atoms with E-state index in [-0.39, 0.29) is 11.7 Å². The van der Waals surface area contributed by atoms with Gasteiger partial charge in [0.05, 0.1) is 16.1 Å². The monoisotopic (exact) mass is 406 g/mol. The van der Waals surface area contributed by atoms with Crippen LogP contribution in [-0.4, -0.2) is 16.2 Å². The van der Waals surface area contributed by atoms with Crippen LogP contribution in [0.1, 0.15) is 56.8 Å². The molecule has 1 heterocycles. The van der Waals surface area contributed by atoms with Gasteiger partial charge in [0.2, 0.25) is 0 Å². The predicted molar refractivity (Wildman–Crippen MR) is 111 cm³/mol. The van der Waals surface area contributed by atoms with Crippen molar-refractivity contribution in [3.63, 3.8) is 0 Å². The molecular formula is C22H25ClF2N2O. The highest BCUT2D eigenvalue weighted by Crippen LogP contribution is 2.37. The molecule has 0 bridgehead atoms. The second-order valence-corrected chi connectivity index (χ2v) is 7.32. The minimum absolute atomic E-state index is 0.177. The van der Waals surface area contributed by atoms with Crippen LogP contribution in [0.3, 0.4) is 0 Å². The summed E-state index contributed by atoms with van der Waals surface area (Å²) in [5.41, 5.74) is 2.99. The number of aromatic nitrogens is 2. The van der Waals surface area contributed by atoms with E-state index in [2.05, 4.69) is 17.6 Å². The van der Waals surface area contributed by atoms with Crippen LogP contribution in [0.25, 0.3) is 16.6 Å². The molecule has 0 aliphatic heterocycles. The molecule has 3 nitrogen and oxygen atoms in total. The van der Waals surface area contributed by atoms with Gasteiger partial charge in [0.25, 0.3) is 0 Å². The predicted octanol–water partition coefficient (Wildman–Crippen LogP) is 6.99. The number of nitrogens with zero attached hydrogens (tertiary/aromatic N) is 2. The first-order valence-electron chi connectivity index (χ1n) is 9.60. The zero-order chi connectivity index (χ0) is 20.3. The maximum absolute atomic E-state index is 12.8. The highest BCUT2D eigenvalue weighted by atomic mass is 35.5. The van der Waals surface area contributed by atoms with E-state index in [1.165, 1.54) is 0 Å². The van der Waals surface area contributed by atoms with Crippen molar-refractivity contribution >= 4 is 28.2 Å². The lowest BCUT2D eigenvalue weighted by molar-refractivity contribution is -0.0912. The van der Waals surface area contributed by atoms with Gasteiger partial charge in [0, 0.05) is 24.1 Å². The Morgan fingerprint density at radius 2 is 2.04 bits per heavy atom. The van der Waals surface area contributed by atoms with Gasteiger partial charge in [-0.1, -0.05) is 43.2 Å². The van der Waals surface area contributed by atoms with E-state index >= 15 is 0 Å². The highest BCUT2D eigenvalue weighted by molar-refractivity contribution is 6.33. The summed E-state index contributed by atoms with van der Waals surface area (Å²) < 4.78 is 32.4. The van der Waals surface area contributed by atoms with Crippen molar-refractivity contribution in [3.8, 4) is 0 Å². The number of ether oxygens (including phenoxy) is 1. The van der Waals surface area contributed by atoms with Gasteiger partial charge in [0.1, 0.15) is 11.6 Å². The van der Waals surface area contributed by atoms with Crippen molar-refractivity contribution in [1.29, 1.82) is 0 Å². The fourth-order valence-corrected chi connectivity index (χ4v) is 3.99. The molecule has 0 saturated heterocycles. The van der Waals surface area contributed by atoms with E-state index in [0.29, 0.717) is 22.6 Å². The Balaban J connectivity index is 2.08. The summed E-state index contributed by atoms with van der Waals surface area (Å²) in [4.78, 5) is 4.85. The van der Waals surface area contributed by atoms with Crippen LogP contribution in [0, 0.1) is 0 Å². The average molecular weight is 407 g/mol. The molecule has 1 aliphatic carbocycles. The van der Waals surface area contributed by atoms with Crippen molar-refractivity contribution in [3.05, 3.63) is 58.6 Å². The summed E-state index contributed by atoms with van der Waals surface area (Å²) in [5, 5.41) is 0.497. The van der Waals surface area contributed by atoms with E-state index in [9.17, 15) is 8.78 Å². The van der Waals surface area contributed by atoms with Crippen molar-refractivity contribution in [2.75, 3.05) is 0 Å². The third-order valence-electron chi connectivity index (χ3n) is 4.98. The average Bonchev–Trinajstić information content (AvgIpc) is 2.97. The number of halogens is 3. The summed E-state index contributed by atoms with van der Waals surface area (Å²) in [5.74, 6) is 1.37. The number of imidazole rings is 1. The normalized spacial score (nSPS) is 16.0. The minimum Gasteiger partial charge on any atom is -0.435 e.